The number of urea groups is 1. The minimum atomic E-state index is -0.635. The number of hydrogen-bond acceptors (Lipinski definition) is 4. The van der Waals surface area contributed by atoms with Gasteiger partial charge in [-0.3, -0.25) is 9.69 Å². The number of imidazole rings is 1. The van der Waals surface area contributed by atoms with E-state index in [9.17, 15) is 9.59 Å². The summed E-state index contributed by atoms with van der Waals surface area (Å²) in [5.41, 5.74) is 2.82. The third-order valence-electron chi connectivity index (χ3n) is 6.07. The number of rotatable bonds is 7. The Hall–Kier alpha value is -3.55. The second-order valence-corrected chi connectivity index (χ2v) is 8.08. The van der Waals surface area contributed by atoms with Crippen molar-refractivity contribution in [1.82, 2.24) is 20.2 Å². The molecule has 1 aromatic heterocycles. The van der Waals surface area contributed by atoms with Gasteiger partial charge in [-0.05, 0) is 35.7 Å². The minimum Gasteiger partial charge on any atom is -0.497 e. The van der Waals surface area contributed by atoms with Crippen molar-refractivity contribution in [2.24, 2.45) is 5.92 Å². The van der Waals surface area contributed by atoms with Gasteiger partial charge in [0.25, 0.3) is 0 Å². The molecule has 3 amide bonds. The van der Waals surface area contributed by atoms with Crippen LogP contribution in [0.25, 0.3) is 11.0 Å². The van der Waals surface area contributed by atoms with Crippen molar-refractivity contribution in [3.05, 3.63) is 54.1 Å². The van der Waals surface area contributed by atoms with Crippen molar-refractivity contribution >= 4 is 28.9 Å². The van der Waals surface area contributed by atoms with Gasteiger partial charge in [0, 0.05) is 19.6 Å². The van der Waals surface area contributed by atoms with Gasteiger partial charge in [-0.1, -0.05) is 44.5 Å². The molecule has 0 fully saturated rings. The number of benzene rings is 2. The molecular weight excluding hydrogens is 406 g/mol. The van der Waals surface area contributed by atoms with Crippen LogP contribution < -0.4 is 20.3 Å². The fraction of sp³-hybridized carbons (Fsp3) is 0.375. The second-order valence-electron chi connectivity index (χ2n) is 8.08. The van der Waals surface area contributed by atoms with E-state index in [4.69, 9.17) is 4.74 Å². The number of ether oxygens (including phenoxy) is 1. The van der Waals surface area contributed by atoms with Crippen LogP contribution in [0.1, 0.15) is 25.8 Å². The molecule has 168 valence electrons. The van der Waals surface area contributed by atoms with Crippen molar-refractivity contribution in [1.29, 1.82) is 0 Å². The lowest BCUT2D eigenvalue weighted by Crippen LogP contribution is -2.53. The van der Waals surface area contributed by atoms with Crippen LogP contribution in [0.3, 0.4) is 0 Å². The van der Waals surface area contributed by atoms with Crippen molar-refractivity contribution in [2.75, 3.05) is 18.6 Å². The Morgan fingerprint density at radius 2 is 1.88 bits per heavy atom. The quantitative estimate of drug-likeness (QED) is 0.596. The monoisotopic (exact) mass is 435 g/mol. The molecular formula is C24H29N5O3. The predicted octanol–water partition coefficient (Wildman–Crippen LogP) is 3.31. The van der Waals surface area contributed by atoms with Crippen molar-refractivity contribution in [3.63, 3.8) is 0 Å². The molecule has 2 heterocycles. The number of para-hydroxylation sites is 2. The molecule has 2 N–H and O–H groups in total. The number of hydrogen-bond donors (Lipinski definition) is 2. The van der Waals surface area contributed by atoms with Gasteiger partial charge in [0.15, 0.2) is 0 Å². The first-order chi connectivity index (χ1) is 15.5. The highest BCUT2D eigenvalue weighted by atomic mass is 16.5. The van der Waals surface area contributed by atoms with Crippen LogP contribution in [0.4, 0.5) is 10.7 Å². The standard InChI is InChI=1S/C24H29N5O3/c1-4-16(2)21(22(30)25-15-17-9-11-18(32-3)12-10-17)27-24(31)29-14-13-28-20-8-6-5-7-19(20)26-23(28)29/h5-12,16,21H,4,13-15H2,1-3H3,(H,25,30)(H,27,31)/t16-,21+/m1/s1. The van der Waals surface area contributed by atoms with Crippen LogP contribution in [-0.2, 0) is 17.9 Å². The summed E-state index contributed by atoms with van der Waals surface area (Å²) in [6.07, 6.45) is 0.763. The van der Waals surface area contributed by atoms with E-state index in [1.807, 2.05) is 66.9 Å². The van der Waals surface area contributed by atoms with E-state index in [1.165, 1.54) is 0 Å². The lowest BCUT2D eigenvalue weighted by Gasteiger charge is -2.26. The smallest absolute Gasteiger partial charge is 0.324 e. The van der Waals surface area contributed by atoms with Crippen LogP contribution in [-0.4, -0.2) is 41.2 Å². The Balaban J connectivity index is 1.44. The number of nitrogens with one attached hydrogen (secondary N) is 2. The summed E-state index contributed by atoms with van der Waals surface area (Å²) >= 11 is 0. The SMILES string of the molecule is CC[C@@H](C)[C@H](NC(=O)N1CCn2c1nc1ccccc12)C(=O)NCc1ccc(OC)cc1. The Kier molecular flexibility index (Phi) is 6.30. The van der Waals surface area contributed by atoms with Crippen LogP contribution in [0.2, 0.25) is 0 Å². The highest BCUT2D eigenvalue weighted by Crippen LogP contribution is 2.27. The molecule has 32 heavy (non-hydrogen) atoms. The fourth-order valence-corrected chi connectivity index (χ4v) is 3.94. The summed E-state index contributed by atoms with van der Waals surface area (Å²) in [6, 6.07) is 14.4. The van der Waals surface area contributed by atoms with Gasteiger partial charge in [0.2, 0.25) is 11.9 Å². The number of anilines is 1. The summed E-state index contributed by atoms with van der Waals surface area (Å²) < 4.78 is 7.21. The molecule has 3 aromatic rings. The van der Waals surface area contributed by atoms with E-state index >= 15 is 0 Å². The molecule has 2 atom stereocenters. The number of nitrogens with zero attached hydrogens (tertiary/aromatic N) is 3. The summed E-state index contributed by atoms with van der Waals surface area (Å²) in [4.78, 5) is 32.4. The van der Waals surface area contributed by atoms with E-state index < -0.39 is 6.04 Å². The Bertz CT molecular complexity index is 1110. The zero-order valence-electron chi connectivity index (χ0n) is 18.7. The Labute approximate surface area is 187 Å². The summed E-state index contributed by atoms with van der Waals surface area (Å²) in [5, 5.41) is 5.91. The molecule has 8 heteroatoms. The maximum Gasteiger partial charge on any atom is 0.324 e. The second kappa shape index (κ2) is 9.30. The minimum absolute atomic E-state index is 0.0174. The maximum absolute atomic E-state index is 13.1. The first-order valence-electron chi connectivity index (χ1n) is 11.0. The average molecular weight is 436 g/mol. The predicted molar refractivity (Wildman–Crippen MR) is 124 cm³/mol. The van der Waals surface area contributed by atoms with Crippen LogP contribution in [0.15, 0.2) is 48.5 Å². The maximum atomic E-state index is 13.1. The largest absolute Gasteiger partial charge is 0.497 e. The highest BCUT2D eigenvalue weighted by molar-refractivity contribution is 5.96. The average Bonchev–Trinajstić information content (AvgIpc) is 3.40. The number of carbonyl (C=O) groups is 2. The molecule has 0 saturated carbocycles. The van der Waals surface area contributed by atoms with E-state index in [0.29, 0.717) is 25.6 Å². The molecule has 0 unspecified atom stereocenters. The summed E-state index contributed by atoms with van der Waals surface area (Å²) in [6.45, 7) is 5.57. The Morgan fingerprint density at radius 3 is 2.59 bits per heavy atom. The normalized spacial score (nSPS) is 14.7. The lowest BCUT2D eigenvalue weighted by atomic mass is 9.98. The zero-order chi connectivity index (χ0) is 22.7. The van der Waals surface area contributed by atoms with Gasteiger partial charge in [0.05, 0.1) is 18.1 Å². The van der Waals surface area contributed by atoms with Gasteiger partial charge < -0.3 is 19.9 Å². The molecule has 0 bridgehead atoms. The first-order valence-corrected chi connectivity index (χ1v) is 11.0. The van der Waals surface area contributed by atoms with Gasteiger partial charge in [-0.2, -0.15) is 0 Å². The van der Waals surface area contributed by atoms with Gasteiger partial charge in [-0.15, -0.1) is 0 Å². The highest BCUT2D eigenvalue weighted by Gasteiger charge is 2.32. The van der Waals surface area contributed by atoms with Gasteiger partial charge in [0.1, 0.15) is 11.8 Å². The van der Waals surface area contributed by atoms with Crippen molar-refractivity contribution < 1.29 is 14.3 Å². The molecule has 8 nitrogen and oxygen atoms in total. The van der Waals surface area contributed by atoms with Gasteiger partial charge in [-0.25, -0.2) is 9.78 Å². The molecule has 0 aliphatic carbocycles. The van der Waals surface area contributed by atoms with Crippen LogP contribution in [0, 0.1) is 5.92 Å². The fourth-order valence-electron chi connectivity index (χ4n) is 3.94. The summed E-state index contributed by atoms with van der Waals surface area (Å²) in [7, 11) is 1.62. The van der Waals surface area contributed by atoms with E-state index in [1.54, 1.807) is 12.0 Å². The summed E-state index contributed by atoms with van der Waals surface area (Å²) in [5.74, 6) is 1.17. The number of methoxy groups -OCH3 is 1. The van der Waals surface area contributed by atoms with E-state index in [2.05, 4.69) is 15.6 Å². The molecule has 0 radical (unpaired) electrons. The number of aromatic nitrogens is 2. The molecule has 2 aromatic carbocycles. The Morgan fingerprint density at radius 1 is 1.12 bits per heavy atom. The van der Waals surface area contributed by atoms with Crippen molar-refractivity contribution in [3.8, 4) is 5.75 Å². The molecule has 0 saturated heterocycles. The number of amides is 3. The lowest BCUT2D eigenvalue weighted by molar-refractivity contribution is -0.124. The number of fused-ring (bicyclic) bond motifs is 3. The van der Waals surface area contributed by atoms with Crippen molar-refractivity contribution in [2.45, 2.75) is 39.4 Å². The first kappa shape index (κ1) is 21.7. The molecule has 4 rings (SSSR count). The van der Waals surface area contributed by atoms with Crippen LogP contribution >= 0.6 is 0 Å². The number of carbonyl (C=O) groups excluding carboxylic acids is 2. The third kappa shape index (κ3) is 4.26. The van der Waals surface area contributed by atoms with Gasteiger partial charge >= 0.3 is 6.03 Å². The molecule has 0 spiro atoms. The third-order valence-corrected chi connectivity index (χ3v) is 6.07. The topological polar surface area (TPSA) is 88.5 Å². The van der Waals surface area contributed by atoms with E-state index in [0.717, 1.165) is 28.8 Å². The van der Waals surface area contributed by atoms with E-state index in [-0.39, 0.29) is 17.9 Å². The molecule has 1 aliphatic rings. The molecule has 1 aliphatic heterocycles. The zero-order valence-corrected chi connectivity index (χ0v) is 18.7. The van der Waals surface area contributed by atoms with Crippen LogP contribution in [0.5, 0.6) is 5.75 Å².